The fraction of sp³-hybridized carbons (Fsp3) is 0.467. The van der Waals surface area contributed by atoms with Crippen LogP contribution in [0.5, 0.6) is 0 Å². The van der Waals surface area contributed by atoms with Crippen molar-refractivity contribution in [3.8, 4) is 0 Å². The van der Waals surface area contributed by atoms with E-state index in [1.165, 1.54) is 23.7 Å². The molecule has 4 nitrogen and oxygen atoms in total. The van der Waals surface area contributed by atoms with Crippen LogP contribution in [0.25, 0.3) is 0 Å². The number of aromatic nitrogens is 2. The van der Waals surface area contributed by atoms with E-state index >= 15 is 0 Å². The number of rotatable bonds is 3. The molecule has 1 aromatic heterocycles. The van der Waals surface area contributed by atoms with Crippen LogP contribution < -0.4 is 4.90 Å². The molecule has 0 atom stereocenters. The fourth-order valence-corrected chi connectivity index (χ4v) is 3.36. The molecule has 0 aliphatic carbocycles. The smallest absolute Gasteiger partial charge is 0.205 e. The Hall–Kier alpha value is -1.60. The van der Waals surface area contributed by atoms with Crippen LogP contribution in [-0.2, 0) is 6.54 Å². The molecule has 0 bridgehead atoms. The van der Waals surface area contributed by atoms with Gasteiger partial charge in [0.1, 0.15) is 5.82 Å². The maximum atomic E-state index is 13.3. The van der Waals surface area contributed by atoms with E-state index in [9.17, 15) is 8.78 Å². The molecule has 0 unspecified atom stereocenters. The van der Waals surface area contributed by atoms with E-state index in [1.807, 2.05) is 6.92 Å². The molecule has 0 N–H and O–H groups in total. The first-order valence-electron chi connectivity index (χ1n) is 7.33. The van der Waals surface area contributed by atoms with Crippen molar-refractivity contribution < 1.29 is 8.78 Å². The minimum Gasteiger partial charge on any atom is -0.346 e. The van der Waals surface area contributed by atoms with Crippen LogP contribution in [0.1, 0.15) is 17.8 Å². The van der Waals surface area contributed by atoms with Crippen LogP contribution in [0.4, 0.5) is 13.9 Å². The number of anilines is 1. The second-order valence-corrected chi connectivity index (χ2v) is 6.22. The van der Waals surface area contributed by atoms with Crippen molar-refractivity contribution in [2.45, 2.75) is 19.9 Å². The Labute approximate surface area is 132 Å². The monoisotopic (exact) mass is 324 g/mol. The number of halogens is 2. The topological polar surface area (TPSA) is 32.3 Å². The summed E-state index contributed by atoms with van der Waals surface area (Å²) in [6.07, 6.45) is 1.02. The standard InChI is InChI=1S/C15H18F2N4S/c1-11-18-15(22-19-11)21-6-2-5-20(7-8-21)10-12-3-4-13(16)14(17)9-12/h3-4,9H,2,5-8,10H2,1H3. The van der Waals surface area contributed by atoms with Gasteiger partial charge in [0.15, 0.2) is 11.6 Å². The molecule has 1 saturated heterocycles. The molecule has 2 aromatic rings. The third kappa shape index (κ3) is 3.59. The fourth-order valence-electron chi connectivity index (χ4n) is 2.63. The minimum atomic E-state index is -0.794. The summed E-state index contributed by atoms with van der Waals surface area (Å²) in [7, 11) is 0. The number of hydrogen-bond acceptors (Lipinski definition) is 5. The first-order valence-corrected chi connectivity index (χ1v) is 8.11. The number of hydrogen-bond donors (Lipinski definition) is 0. The van der Waals surface area contributed by atoms with Gasteiger partial charge >= 0.3 is 0 Å². The van der Waals surface area contributed by atoms with E-state index in [0.717, 1.165) is 49.1 Å². The van der Waals surface area contributed by atoms with Crippen molar-refractivity contribution in [3.63, 3.8) is 0 Å². The van der Waals surface area contributed by atoms with Gasteiger partial charge in [-0.1, -0.05) is 6.07 Å². The van der Waals surface area contributed by atoms with Gasteiger partial charge in [-0.25, -0.2) is 13.8 Å². The van der Waals surface area contributed by atoms with Crippen molar-refractivity contribution in [3.05, 3.63) is 41.2 Å². The molecule has 1 aliphatic heterocycles. The van der Waals surface area contributed by atoms with Gasteiger partial charge in [0.2, 0.25) is 5.13 Å². The lowest BCUT2D eigenvalue weighted by Gasteiger charge is -2.21. The third-order valence-electron chi connectivity index (χ3n) is 3.77. The Morgan fingerprint density at radius 1 is 1.14 bits per heavy atom. The molecule has 3 rings (SSSR count). The van der Waals surface area contributed by atoms with E-state index in [1.54, 1.807) is 6.07 Å². The van der Waals surface area contributed by atoms with Crippen molar-refractivity contribution in [1.82, 2.24) is 14.3 Å². The zero-order valence-electron chi connectivity index (χ0n) is 12.4. The van der Waals surface area contributed by atoms with Crippen LogP contribution in [0.2, 0.25) is 0 Å². The molecule has 118 valence electrons. The van der Waals surface area contributed by atoms with Gasteiger partial charge in [-0.05, 0) is 31.0 Å². The Bertz CT molecular complexity index is 646. The highest BCUT2D eigenvalue weighted by Crippen LogP contribution is 2.19. The van der Waals surface area contributed by atoms with Gasteiger partial charge in [-0.15, -0.1) is 0 Å². The number of aryl methyl sites for hydroxylation is 1. The summed E-state index contributed by atoms with van der Waals surface area (Å²) in [5, 5.41) is 0.965. The minimum absolute atomic E-state index is 0.639. The molecule has 22 heavy (non-hydrogen) atoms. The largest absolute Gasteiger partial charge is 0.346 e. The highest BCUT2D eigenvalue weighted by Gasteiger charge is 2.18. The van der Waals surface area contributed by atoms with E-state index < -0.39 is 11.6 Å². The summed E-state index contributed by atoms with van der Waals surface area (Å²) in [4.78, 5) is 8.94. The van der Waals surface area contributed by atoms with Gasteiger partial charge in [0.05, 0.1) is 0 Å². The van der Waals surface area contributed by atoms with Crippen LogP contribution in [0.3, 0.4) is 0 Å². The molecular weight excluding hydrogens is 306 g/mol. The van der Waals surface area contributed by atoms with E-state index in [-0.39, 0.29) is 0 Å². The molecule has 0 radical (unpaired) electrons. The summed E-state index contributed by atoms with van der Waals surface area (Å²) in [5.41, 5.74) is 0.805. The molecule has 1 fully saturated rings. The van der Waals surface area contributed by atoms with Crippen molar-refractivity contribution in [1.29, 1.82) is 0 Å². The second kappa shape index (κ2) is 6.66. The third-order valence-corrected chi connectivity index (χ3v) is 4.63. The van der Waals surface area contributed by atoms with E-state index in [0.29, 0.717) is 6.54 Å². The molecular formula is C15H18F2N4S. The van der Waals surface area contributed by atoms with Crippen LogP contribution >= 0.6 is 11.5 Å². The lowest BCUT2D eigenvalue weighted by molar-refractivity contribution is 0.285. The van der Waals surface area contributed by atoms with Crippen LogP contribution in [0.15, 0.2) is 18.2 Å². The van der Waals surface area contributed by atoms with Crippen molar-refractivity contribution in [2.24, 2.45) is 0 Å². The molecule has 0 spiro atoms. The predicted octanol–water partition coefficient (Wildman–Crippen LogP) is 2.84. The predicted molar refractivity (Wildman–Crippen MR) is 83.1 cm³/mol. The van der Waals surface area contributed by atoms with Crippen molar-refractivity contribution >= 4 is 16.7 Å². The number of nitrogens with zero attached hydrogens (tertiary/aromatic N) is 4. The maximum Gasteiger partial charge on any atom is 0.205 e. The average Bonchev–Trinajstić information content (AvgIpc) is 2.79. The lowest BCUT2D eigenvalue weighted by atomic mass is 10.2. The molecule has 7 heteroatoms. The zero-order valence-corrected chi connectivity index (χ0v) is 13.2. The summed E-state index contributed by atoms with van der Waals surface area (Å²) >= 11 is 1.43. The lowest BCUT2D eigenvalue weighted by Crippen LogP contribution is -2.30. The molecule has 2 heterocycles. The highest BCUT2D eigenvalue weighted by atomic mass is 32.1. The molecule has 0 amide bonds. The van der Waals surface area contributed by atoms with Gasteiger partial charge < -0.3 is 4.90 Å². The van der Waals surface area contributed by atoms with Crippen LogP contribution in [0, 0.1) is 18.6 Å². The van der Waals surface area contributed by atoms with Crippen LogP contribution in [-0.4, -0.2) is 40.4 Å². The van der Waals surface area contributed by atoms with Gasteiger partial charge in [-0.2, -0.15) is 4.37 Å². The Morgan fingerprint density at radius 2 is 2.00 bits per heavy atom. The number of benzene rings is 1. The summed E-state index contributed by atoms with van der Waals surface area (Å²) in [6, 6.07) is 4.13. The Morgan fingerprint density at radius 3 is 2.73 bits per heavy atom. The summed E-state index contributed by atoms with van der Waals surface area (Å²) in [6.45, 7) is 6.17. The molecule has 1 aromatic carbocycles. The average molecular weight is 324 g/mol. The first kappa shape index (κ1) is 15.3. The molecule has 0 saturated carbocycles. The Balaban J connectivity index is 1.61. The highest BCUT2D eigenvalue weighted by molar-refractivity contribution is 7.09. The normalized spacial score (nSPS) is 16.8. The van der Waals surface area contributed by atoms with E-state index in [2.05, 4.69) is 19.2 Å². The van der Waals surface area contributed by atoms with Gasteiger partial charge in [0.25, 0.3) is 0 Å². The Kier molecular flexibility index (Phi) is 4.63. The second-order valence-electron chi connectivity index (χ2n) is 5.49. The van der Waals surface area contributed by atoms with Crippen molar-refractivity contribution in [2.75, 3.05) is 31.1 Å². The molecule has 1 aliphatic rings. The summed E-state index contributed by atoms with van der Waals surface area (Å²) in [5.74, 6) is -0.765. The quantitative estimate of drug-likeness (QED) is 0.869. The first-order chi connectivity index (χ1) is 10.6. The zero-order chi connectivity index (χ0) is 15.5. The van der Waals surface area contributed by atoms with Gasteiger partial charge in [-0.3, -0.25) is 4.90 Å². The van der Waals surface area contributed by atoms with E-state index in [4.69, 9.17) is 0 Å². The van der Waals surface area contributed by atoms with Gasteiger partial charge in [0, 0.05) is 44.3 Å². The SMILES string of the molecule is Cc1nsc(N2CCCN(Cc3ccc(F)c(F)c3)CC2)n1. The maximum absolute atomic E-state index is 13.3. The summed E-state index contributed by atoms with van der Waals surface area (Å²) < 4.78 is 30.5.